The maximum atomic E-state index is 11.4. The molecule has 0 aliphatic heterocycles. The molecule has 0 amide bonds. The van der Waals surface area contributed by atoms with E-state index in [-0.39, 0.29) is 5.92 Å². The molecule has 1 aliphatic rings. The Kier molecular flexibility index (Phi) is 4.33. The summed E-state index contributed by atoms with van der Waals surface area (Å²) in [6.07, 6.45) is -0.714. The topological polar surface area (TPSA) is 95.9 Å². The minimum atomic E-state index is -3.46. The van der Waals surface area contributed by atoms with Crippen LogP contribution in [0.1, 0.15) is 17.9 Å². The molecule has 20 heavy (non-hydrogen) atoms. The van der Waals surface area contributed by atoms with Crippen LogP contribution in [0.2, 0.25) is 0 Å². The highest BCUT2D eigenvalue weighted by molar-refractivity contribution is 7.88. The van der Waals surface area contributed by atoms with Gasteiger partial charge in [-0.1, -0.05) is 12.1 Å². The van der Waals surface area contributed by atoms with Crippen LogP contribution in [-0.2, 0) is 10.0 Å². The quantitative estimate of drug-likeness (QED) is 0.717. The first kappa shape index (κ1) is 15.2. The van der Waals surface area contributed by atoms with Gasteiger partial charge in [0, 0.05) is 5.92 Å². The van der Waals surface area contributed by atoms with Crippen molar-refractivity contribution in [2.24, 2.45) is 0 Å². The Morgan fingerprint density at radius 3 is 2.35 bits per heavy atom. The Labute approximate surface area is 118 Å². The Morgan fingerprint density at radius 1 is 1.25 bits per heavy atom. The van der Waals surface area contributed by atoms with Crippen LogP contribution in [0.15, 0.2) is 24.3 Å². The predicted octanol–water partition coefficient (Wildman–Crippen LogP) is -0.178. The molecule has 1 fully saturated rings. The molecule has 0 aromatic heterocycles. The van der Waals surface area contributed by atoms with E-state index in [0.29, 0.717) is 12.2 Å². The second kappa shape index (κ2) is 5.69. The second-order valence-electron chi connectivity index (χ2n) is 5.09. The Bertz CT molecular complexity index is 557. The van der Waals surface area contributed by atoms with Crippen LogP contribution in [0.3, 0.4) is 0 Å². The Morgan fingerprint density at radius 2 is 1.85 bits per heavy atom. The molecule has 1 aromatic rings. The summed E-state index contributed by atoms with van der Waals surface area (Å²) in [5.41, 5.74) is 0.850. The lowest BCUT2D eigenvalue weighted by molar-refractivity contribution is 0.0338. The van der Waals surface area contributed by atoms with Crippen molar-refractivity contribution < 1.29 is 23.4 Å². The molecule has 3 N–H and O–H groups in total. The number of benzene rings is 1. The summed E-state index contributed by atoms with van der Waals surface area (Å²) in [5, 5.41) is 19.7. The van der Waals surface area contributed by atoms with Crippen molar-refractivity contribution in [1.29, 1.82) is 0 Å². The summed E-state index contributed by atoms with van der Waals surface area (Å²) in [5.74, 6) is 0.418. The number of rotatable bonds is 4. The number of ether oxygens (including phenoxy) is 1. The molecule has 0 bridgehead atoms. The highest BCUT2D eigenvalue weighted by atomic mass is 32.2. The SMILES string of the molecule is COc1ccc(C2CC(O)C(O)C2NS(C)(=O)=O)cc1. The van der Waals surface area contributed by atoms with Crippen LogP contribution < -0.4 is 9.46 Å². The minimum Gasteiger partial charge on any atom is -0.497 e. The van der Waals surface area contributed by atoms with E-state index in [2.05, 4.69) is 4.72 Å². The van der Waals surface area contributed by atoms with Gasteiger partial charge in [0.05, 0.1) is 31.6 Å². The molecular formula is C13H19NO5S. The van der Waals surface area contributed by atoms with Gasteiger partial charge >= 0.3 is 0 Å². The molecule has 0 saturated heterocycles. The van der Waals surface area contributed by atoms with E-state index >= 15 is 0 Å². The number of nitrogens with one attached hydrogen (secondary N) is 1. The normalized spacial score (nSPS) is 30.4. The molecule has 7 heteroatoms. The van der Waals surface area contributed by atoms with E-state index in [4.69, 9.17) is 4.74 Å². The molecule has 4 unspecified atom stereocenters. The van der Waals surface area contributed by atoms with Crippen molar-refractivity contribution >= 4 is 10.0 Å². The van der Waals surface area contributed by atoms with Crippen LogP contribution in [0.4, 0.5) is 0 Å². The lowest BCUT2D eigenvalue weighted by Crippen LogP contribution is -2.44. The van der Waals surface area contributed by atoms with Crippen LogP contribution in [0.5, 0.6) is 5.75 Å². The van der Waals surface area contributed by atoms with E-state index < -0.39 is 28.3 Å². The molecular weight excluding hydrogens is 282 g/mol. The lowest BCUT2D eigenvalue weighted by atomic mass is 9.94. The van der Waals surface area contributed by atoms with Gasteiger partial charge in [-0.05, 0) is 24.1 Å². The van der Waals surface area contributed by atoms with Gasteiger partial charge in [-0.2, -0.15) is 0 Å². The lowest BCUT2D eigenvalue weighted by Gasteiger charge is -2.22. The fourth-order valence-electron chi connectivity index (χ4n) is 2.62. The first-order valence-electron chi connectivity index (χ1n) is 6.29. The third-order valence-electron chi connectivity index (χ3n) is 3.59. The molecule has 6 nitrogen and oxygen atoms in total. The van der Waals surface area contributed by atoms with Crippen LogP contribution >= 0.6 is 0 Å². The van der Waals surface area contributed by atoms with Crippen molar-refractivity contribution in [2.45, 2.75) is 30.6 Å². The highest BCUT2D eigenvalue weighted by Gasteiger charge is 2.43. The average molecular weight is 301 g/mol. The van der Waals surface area contributed by atoms with Crippen LogP contribution in [0, 0.1) is 0 Å². The summed E-state index contributed by atoms with van der Waals surface area (Å²) in [7, 11) is -1.90. The molecule has 2 rings (SSSR count). The fourth-order valence-corrected chi connectivity index (χ4v) is 3.42. The Hall–Kier alpha value is -1.15. The zero-order chi connectivity index (χ0) is 14.9. The summed E-state index contributed by atoms with van der Waals surface area (Å²) in [6.45, 7) is 0. The van der Waals surface area contributed by atoms with Gasteiger partial charge in [0.2, 0.25) is 10.0 Å². The third kappa shape index (κ3) is 3.29. The maximum Gasteiger partial charge on any atom is 0.209 e. The third-order valence-corrected chi connectivity index (χ3v) is 4.29. The largest absolute Gasteiger partial charge is 0.497 e. The molecule has 112 valence electrons. The number of sulfonamides is 1. The molecule has 0 spiro atoms. The molecule has 0 radical (unpaired) electrons. The fraction of sp³-hybridized carbons (Fsp3) is 0.538. The summed E-state index contributed by atoms with van der Waals surface area (Å²) >= 11 is 0. The smallest absolute Gasteiger partial charge is 0.209 e. The molecule has 0 heterocycles. The second-order valence-corrected chi connectivity index (χ2v) is 6.87. The van der Waals surface area contributed by atoms with Gasteiger partial charge in [0.1, 0.15) is 5.75 Å². The standard InChI is InChI=1S/C13H19NO5S/c1-19-9-5-3-8(4-6-9)10-7-11(15)13(16)12(10)14-20(2,17)18/h3-6,10-16H,7H2,1-2H3. The molecule has 4 atom stereocenters. The van der Waals surface area contributed by atoms with E-state index in [9.17, 15) is 18.6 Å². The first-order chi connectivity index (χ1) is 9.31. The van der Waals surface area contributed by atoms with Crippen molar-refractivity contribution in [1.82, 2.24) is 4.72 Å². The zero-order valence-corrected chi connectivity index (χ0v) is 12.2. The van der Waals surface area contributed by atoms with Crippen LogP contribution in [0.25, 0.3) is 0 Å². The van der Waals surface area contributed by atoms with Gasteiger partial charge in [0.25, 0.3) is 0 Å². The molecule has 1 aromatic carbocycles. The number of aliphatic hydroxyl groups is 2. The van der Waals surface area contributed by atoms with Gasteiger partial charge < -0.3 is 14.9 Å². The molecule has 1 aliphatic carbocycles. The van der Waals surface area contributed by atoms with Crippen molar-refractivity contribution in [3.63, 3.8) is 0 Å². The maximum absolute atomic E-state index is 11.4. The predicted molar refractivity (Wildman–Crippen MR) is 74.1 cm³/mol. The Balaban J connectivity index is 2.27. The monoisotopic (exact) mass is 301 g/mol. The van der Waals surface area contributed by atoms with E-state index in [0.717, 1.165) is 11.8 Å². The minimum absolute atomic E-state index is 0.277. The summed E-state index contributed by atoms with van der Waals surface area (Å²) in [6, 6.07) is 6.43. The van der Waals surface area contributed by atoms with Crippen LogP contribution in [-0.4, -0.2) is 50.2 Å². The van der Waals surface area contributed by atoms with Gasteiger partial charge in [-0.3, -0.25) is 0 Å². The van der Waals surface area contributed by atoms with Crippen molar-refractivity contribution in [2.75, 3.05) is 13.4 Å². The van der Waals surface area contributed by atoms with Gasteiger partial charge in [-0.15, -0.1) is 0 Å². The average Bonchev–Trinajstić information content (AvgIpc) is 2.65. The highest BCUT2D eigenvalue weighted by Crippen LogP contribution is 2.36. The number of methoxy groups -OCH3 is 1. The van der Waals surface area contributed by atoms with E-state index in [1.54, 1.807) is 19.2 Å². The van der Waals surface area contributed by atoms with Gasteiger partial charge in [-0.25, -0.2) is 13.1 Å². The van der Waals surface area contributed by atoms with E-state index in [1.165, 1.54) is 0 Å². The number of aliphatic hydroxyl groups excluding tert-OH is 2. The van der Waals surface area contributed by atoms with E-state index in [1.807, 2.05) is 12.1 Å². The summed E-state index contributed by atoms with van der Waals surface area (Å²) in [4.78, 5) is 0. The number of hydrogen-bond acceptors (Lipinski definition) is 5. The summed E-state index contributed by atoms with van der Waals surface area (Å²) < 4.78 is 30.3. The molecule has 1 saturated carbocycles. The zero-order valence-electron chi connectivity index (χ0n) is 11.4. The van der Waals surface area contributed by atoms with Crippen molar-refractivity contribution in [3.05, 3.63) is 29.8 Å². The number of hydrogen-bond donors (Lipinski definition) is 3. The van der Waals surface area contributed by atoms with Crippen molar-refractivity contribution in [3.8, 4) is 5.75 Å². The van der Waals surface area contributed by atoms with Gasteiger partial charge in [0.15, 0.2) is 0 Å². The first-order valence-corrected chi connectivity index (χ1v) is 8.18.